The number of allylic oxidation sites excluding steroid dienone is 5. The van der Waals surface area contributed by atoms with Gasteiger partial charge in [-0.1, -0.05) is 249 Å². The number of amides is 1. The predicted molar refractivity (Wildman–Crippen MR) is 286 cm³/mol. The smallest absolute Gasteiger partial charge is 0.220 e. The molecule has 1 aliphatic heterocycles. The van der Waals surface area contributed by atoms with Crippen LogP contribution >= 0.6 is 0 Å². The summed E-state index contributed by atoms with van der Waals surface area (Å²) in [5.74, 6) is -0.184. The Kier molecular flexibility index (Phi) is 46.4. The average molecular weight is 963 g/mol. The molecule has 0 radical (unpaired) electrons. The maximum absolute atomic E-state index is 13.0. The van der Waals surface area contributed by atoms with Crippen LogP contribution in [-0.4, -0.2) is 87.5 Å². The second-order valence-corrected chi connectivity index (χ2v) is 20.4. The molecule has 7 unspecified atom stereocenters. The third-order valence-corrected chi connectivity index (χ3v) is 13.9. The van der Waals surface area contributed by atoms with Gasteiger partial charge in [-0.2, -0.15) is 0 Å². The summed E-state index contributed by atoms with van der Waals surface area (Å²) in [7, 11) is 0. The van der Waals surface area contributed by atoms with E-state index in [4.69, 9.17) is 9.47 Å². The Morgan fingerprint density at radius 2 is 0.838 bits per heavy atom. The van der Waals surface area contributed by atoms with Gasteiger partial charge in [0.25, 0.3) is 0 Å². The van der Waals surface area contributed by atoms with E-state index in [0.717, 1.165) is 38.5 Å². The van der Waals surface area contributed by atoms with Gasteiger partial charge < -0.3 is 40.3 Å². The zero-order chi connectivity index (χ0) is 49.4. The molecule has 1 heterocycles. The number of hydrogen-bond donors (Lipinski definition) is 6. The highest BCUT2D eigenvalue weighted by Gasteiger charge is 2.44. The van der Waals surface area contributed by atoms with Gasteiger partial charge in [0.1, 0.15) is 24.4 Å². The van der Waals surface area contributed by atoms with Gasteiger partial charge in [-0.15, -0.1) is 0 Å². The Bertz CT molecular complexity index is 1160. The van der Waals surface area contributed by atoms with Gasteiger partial charge in [0.05, 0.1) is 25.4 Å². The minimum atomic E-state index is -1.57. The van der Waals surface area contributed by atoms with Crippen molar-refractivity contribution in [2.24, 2.45) is 0 Å². The zero-order valence-corrected chi connectivity index (χ0v) is 44.4. The Morgan fingerprint density at radius 1 is 0.485 bits per heavy atom. The molecule has 1 saturated heterocycles. The second kappa shape index (κ2) is 49.0. The van der Waals surface area contributed by atoms with Crippen LogP contribution in [0.3, 0.4) is 0 Å². The van der Waals surface area contributed by atoms with E-state index in [0.29, 0.717) is 6.42 Å². The van der Waals surface area contributed by atoms with Crippen LogP contribution in [0, 0.1) is 0 Å². The van der Waals surface area contributed by atoms with Crippen molar-refractivity contribution in [1.82, 2.24) is 5.32 Å². The highest BCUT2D eigenvalue weighted by Crippen LogP contribution is 2.23. The van der Waals surface area contributed by atoms with E-state index in [1.807, 2.05) is 6.08 Å². The summed E-state index contributed by atoms with van der Waals surface area (Å²) in [5, 5.41) is 54.4. The van der Waals surface area contributed by atoms with Gasteiger partial charge >= 0.3 is 0 Å². The van der Waals surface area contributed by atoms with E-state index in [2.05, 4.69) is 43.5 Å². The zero-order valence-electron chi connectivity index (χ0n) is 44.4. The molecule has 9 heteroatoms. The van der Waals surface area contributed by atoms with Crippen LogP contribution in [0.15, 0.2) is 36.5 Å². The van der Waals surface area contributed by atoms with Crippen molar-refractivity contribution in [3.05, 3.63) is 36.5 Å². The van der Waals surface area contributed by atoms with Crippen molar-refractivity contribution < 1.29 is 39.8 Å². The standard InChI is InChI=1S/C59H111NO8/c1-3-5-7-9-11-13-15-17-19-20-21-22-23-24-25-26-27-28-29-30-31-32-33-34-35-37-39-41-43-45-47-49-55(63)60-52(51-67-59-58(66)57(65)56(64)54(50-61)68-59)53(62)48-46-44-42-40-38-36-18-16-14-12-10-8-6-4-2/h24-25,38,40,46,48,52-54,56-59,61-62,64-66H,3-23,26-37,39,41-45,47,49-51H2,1-2H3,(H,60,63)/b25-24-,40-38+,48-46+. The van der Waals surface area contributed by atoms with E-state index in [9.17, 15) is 30.3 Å². The number of ether oxygens (including phenoxy) is 2. The van der Waals surface area contributed by atoms with Gasteiger partial charge in [-0.3, -0.25) is 4.79 Å². The minimum absolute atomic E-state index is 0.184. The van der Waals surface area contributed by atoms with Crippen LogP contribution in [0.5, 0.6) is 0 Å². The van der Waals surface area contributed by atoms with Crippen molar-refractivity contribution >= 4 is 5.91 Å². The number of nitrogens with one attached hydrogen (secondary N) is 1. The number of carbonyl (C=O) groups is 1. The van der Waals surface area contributed by atoms with E-state index in [1.54, 1.807) is 6.08 Å². The first-order valence-electron chi connectivity index (χ1n) is 29.2. The molecular weight excluding hydrogens is 851 g/mol. The highest BCUT2D eigenvalue weighted by atomic mass is 16.7. The lowest BCUT2D eigenvalue weighted by Gasteiger charge is -2.40. The fourth-order valence-corrected chi connectivity index (χ4v) is 9.29. The lowest BCUT2D eigenvalue weighted by atomic mass is 9.99. The SMILES string of the molecule is CCCCCCCCCC/C=C/CC/C=C/C(O)C(COC1OC(CO)C(O)C(O)C1O)NC(=O)CCCCCCCCCCCCCCCCC/C=C\CCCCCCCCCCCCCC. The first-order valence-corrected chi connectivity index (χ1v) is 29.2. The molecule has 0 saturated carbocycles. The molecule has 1 aliphatic rings. The number of hydrogen-bond acceptors (Lipinski definition) is 8. The fourth-order valence-electron chi connectivity index (χ4n) is 9.29. The number of carbonyl (C=O) groups excluding carboxylic acids is 1. The average Bonchev–Trinajstić information content (AvgIpc) is 3.34. The molecule has 0 spiro atoms. The maximum Gasteiger partial charge on any atom is 0.220 e. The molecule has 0 aliphatic carbocycles. The molecule has 7 atom stereocenters. The third-order valence-electron chi connectivity index (χ3n) is 13.9. The summed E-state index contributed by atoms with van der Waals surface area (Å²) in [6, 6.07) is -0.820. The summed E-state index contributed by atoms with van der Waals surface area (Å²) in [6.45, 7) is 3.78. The molecule has 0 aromatic rings. The molecular formula is C59H111NO8. The predicted octanol–water partition coefficient (Wildman–Crippen LogP) is 14.4. The molecule has 9 nitrogen and oxygen atoms in total. The molecule has 1 rings (SSSR count). The fraction of sp³-hybridized carbons (Fsp3) is 0.881. The monoisotopic (exact) mass is 962 g/mol. The van der Waals surface area contributed by atoms with Crippen LogP contribution < -0.4 is 5.32 Å². The topological polar surface area (TPSA) is 149 Å². The first-order chi connectivity index (χ1) is 33.3. The van der Waals surface area contributed by atoms with E-state index in [-0.39, 0.29) is 12.5 Å². The molecule has 0 aromatic heterocycles. The Labute approximate surface area is 419 Å². The highest BCUT2D eigenvalue weighted by molar-refractivity contribution is 5.76. The van der Waals surface area contributed by atoms with Gasteiger partial charge in [-0.25, -0.2) is 0 Å². The lowest BCUT2D eigenvalue weighted by molar-refractivity contribution is -0.302. The quantitative estimate of drug-likeness (QED) is 0.0261. The van der Waals surface area contributed by atoms with Crippen LogP contribution in [0.1, 0.15) is 277 Å². The Hall–Kier alpha value is -1.59. The van der Waals surface area contributed by atoms with Crippen molar-refractivity contribution in [2.75, 3.05) is 13.2 Å². The summed E-state index contributed by atoms with van der Waals surface area (Å²) in [4.78, 5) is 13.0. The number of aliphatic hydroxyl groups excluding tert-OH is 5. The molecule has 6 N–H and O–H groups in total. The number of aliphatic hydroxyl groups is 5. The summed E-state index contributed by atoms with van der Waals surface area (Å²) in [5.41, 5.74) is 0. The van der Waals surface area contributed by atoms with Gasteiger partial charge in [0, 0.05) is 6.42 Å². The molecule has 0 aromatic carbocycles. The van der Waals surface area contributed by atoms with Crippen LogP contribution in [0.4, 0.5) is 0 Å². The largest absolute Gasteiger partial charge is 0.394 e. The van der Waals surface area contributed by atoms with E-state index >= 15 is 0 Å². The van der Waals surface area contributed by atoms with Crippen molar-refractivity contribution in [1.29, 1.82) is 0 Å². The third kappa shape index (κ3) is 38.1. The van der Waals surface area contributed by atoms with Gasteiger partial charge in [0.2, 0.25) is 5.91 Å². The van der Waals surface area contributed by atoms with Crippen LogP contribution in [0.25, 0.3) is 0 Å². The van der Waals surface area contributed by atoms with E-state index in [1.165, 1.54) is 218 Å². The minimum Gasteiger partial charge on any atom is -0.394 e. The molecule has 68 heavy (non-hydrogen) atoms. The lowest BCUT2D eigenvalue weighted by Crippen LogP contribution is -2.60. The second-order valence-electron chi connectivity index (χ2n) is 20.4. The summed E-state index contributed by atoms with van der Waals surface area (Å²) in [6.07, 6.45) is 56.6. The normalized spacial score (nSPS) is 19.8. The van der Waals surface area contributed by atoms with Crippen molar-refractivity contribution in [3.8, 4) is 0 Å². The van der Waals surface area contributed by atoms with E-state index < -0.39 is 49.5 Å². The molecule has 0 bridgehead atoms. The molecule has 1 amide bonds. The summed E-state index contributed by atoms with van der Waals surface area (Å²) >= 11 is 0. The maximum atomic E-state index is 13.0. The van der Waals surface area contributed by atoms with Crippen LogP contribution in [-0.2, 0) is 14.3 Å². The van der Waals surface area contributed by atoms with Crippen molar-refractivity contribution in [3.63, 3.8) is 0 Å². The first kappa shape index (κ1) is 64.4. The molecule has 1 fully saturated rings. The Morgan fingerprint density at radius 3 is 1.24 bits per heavy atom. The number of rotatable bonds is 50. The van der Waals surface area contributed by atoms with Crippen molar-refractivity contribution in [2.45, 2.75) is 320 Å². The molecule has 400 valence electrons. The Balaban J connectivity index is 2.14. The van der Waals surface area contributed by atoms with Gasteiger partial charge in [0.15, 0.2) is 6.29 Å². The number of unbranched alkanes of at least 4 members (excludes halogenated alkanes) is 36. The van der Waals surface area contributed by atoms with Gasteiger partial charge in [-0.05, 0) is 57.8 Å². The van der Waals surface area contributed by atoms with Crippen LogP contribution in [0.2, 0.25) is 0 Å². The summed E-state index contributed by atoms with van der Waals surface area (Å²) < 4.78 is 11.2.